The van der Waals surface area contributed by atoms with Crippen LogP contribution in [0.15, 0.2) is 16.5 Å². The maximum absolute atomic E-state index is 11.9. The highest BCUT2D eigenvalue weighted by Gasteiger charge is 2.35. The van der Waals surface area contributed by atoms with Crippen molar-refractivity contribution in [3.8, 4) is 11.6 Å². The van der Waals surface area contributed by atoms with Crippen LogP contribution in [0.5, 0.6) is 0 Å². The number of aliphatic carboxylic acids is 1. The van der Waals surface area contributed by atoms with Gasteiger partial charge < -0.3 is 14.6 Å². The third kappa shape index (κ3) is 3.36. The molecule has 24 heavy (non-hydrogen) atoms. The fourth-order valence-corrected chi connectivity index (χ4v) is 3.49. The summed E-state index contributed by atoms with van der Waals surface area (Å²) in [7, 11) is 0. The highest BCUT2D eigenvalue weighted by molar-refractivity contribution is 5.75. The third-order valence-electron chi connectivity index (χ3n) is 4.64. The average Bonchev–Trinajstić information content (AvgIpc) is 3.16. The number of aliphatic hydroxyl groups is 1. The maximum Gasteiger partial charge on any atom is 0.314 e. The lowest BCUT2D eigenvalue weighted by atomic mass is 9.79. The molecule has 0 amide bonds. The van der Waals surface area contributed by atoms with E-state index in [1.165, 1.54) is 4.68 Å². The lowest BCUT2D eigenvalue weighted by Crippen LogP contribution is -2.27. The smallest absolute Gasteiger partial charge is 0.314 e. The van der Waals surface area contributed by atoms with Crippen molar-refractivity contribution in [3.05, 3.63) is 23.7 Å². The summed E-state index contributed by atoms with van der Waals surface area (Å²) in [6, 6.07) is 3.59. The van der Waals surface area contributed by atoms with E-state index in [0.29, 0.717) is 17.4 Å². The fourth-order valence-electron chi connectivity index (χ4n) is 3.49. The van der Waals surface area contributed by atoms with E-state index in [1.54, 1.807) is 6.07 Å². The Morgan fingerprint density at radius 3 is 2.71 bits per heavy atom. The minimum Gasteiger partial charge on any atom is -0.481 e. The molecule has 0 radical (unpaired) electrons. The van der Waals surface area contributed by atoms with Crippen molar-refractivity contribution in [1.29, 1.82) is 0 Å². The van der Waals surface area contributed by atoms with Crippen LogP contribution in [0.2, 0.25) is 0 Å². The second kappa shape index (κ2) is 7.17. The van der Waals surface area contributed by atoms with Crippen LogP contribution >= 0.6 is 0 Å². The van der Waals surface area contributed by atoms with Crippen LogP contribution in [0.3, 0.4) is 0 Å². The van der Waals surface area contributed by atoms with Gasteiger partial charge in [0.1, 0.15) is 17.5 Å². The van der Waals surface area contributed by atoms with Crippen molar-refractivity contribution >= 4 is 5.97 Å². The first-order valence-electron chi connectivity index (χ1n) is 8.45. The molecule has 2 aromatic rings. The Bertz CT molecular complexity index is 701. The summed E-state index contributed by atoms with van der Waals surface area (Å²) in [4.78, 5) is 16.4. The predicted molar refractivity (Wildman–Crippen MR) is 86.5 cm³/mol. The first-order valence-corrected chi connectivity index (χ1v) is 8.45. The van der Waals surface area contributed by atoms with Gasteiger partial charge in [-0.25, -0.2) is 9.67 Å². The highest BCUT2D eigenvalue weighted by atomic mass is 16.4. The van der Waals surface area contributed by atoms with Gasteiger partial charge in [0.2, 0.25) is 5.82 Å². The average molecular weight is 333 g/mol. The van der Waals surface area contributed by atoms with Gasteiger partial charge in [0.05, 0.1) is 13.2 Å². The molecule has 3 rings (SSSR count). The van der Waals surface area contributed by atoms with Gasteiger partial charge in [0.25, 0.3) is 0 Å². The standard InChI is InChI=1S/C17H23N3O4/c1-11-7-8-13(24-11)15-18-16(20(19-15)9-10-21)14(17(22)23)12-5-3-2-4-6-12/h7-8,12,14,21H,2-6,9-10H2,1H3,(H,22,23). The first-order chi connectivity index (χ1) is 11.6. The van der Waals surface area contributed by atoms with Crippen molar-refractivity contribution in [2.75, 3.05) is 6.61 Å². The molecule has 7 heteroatoms. The molecule has 1 atom stereocenters. The third-order valence-corrected chi connectivity index (χ3v) is 4.64. The number of aromatic nitrogens is 3. The number of hydrogen-bond acceptors (Lipinski definition) is 5. The van der Waals surface area contributed by atoms with Crippen molar-refractivity contribution in [2.24, 2.45) is 5.92 Å². The molecule has 0 spiro atoms. The van der Waals surface area contributed by atoms with Crippen LogP contribution in [-0.4, -0.2) is 37.6 Å². The minimum absolute atomic E-state index is 0.0593. The number of aliphatic hydroxyl groups excluding tert-OH is 1. The number of carboxylic acids is 1. The van der Waals surface area contributed by atoms with Gasteiger partial charge in [0.15, 0.2) is 5.76 Å². The van der Waals surface area contributed by atoms with E-state index < -0.39 is 11.9 Å². The minimum atomic E-state index is -0.879. The van der Waals surface area contributed by atoms with E-state index in [9.17, 15) is 15.0 Å². The topological polar surface area (TPSA) is 101 Å². The molecule has 130 valence electrons. The van der Waals surface area contributed by atoms with Crippen molar-refractivity contribution < 1.29 is 19.4 Å². The number of aryl methyl sites for hydroxylation is 1. The molecule has 2 N–H and O–H groups in total. The quantitative estimate of drug-likeness (QED) is 0.842. The van der Waals surface area contributed by atoms with Gasteiger partial charge in [-0.3, -0.25) is 4.79 Å². The molecule has 1 saturated carbocycles. The Kier molecular flexibility index (Phi) is 4.99. The van der Waals surface area contributed by atoms with Gasteiger partial charge in [0, 0.05) is 0 Å². The molecule has 1 aliphatic rings. The van der Waals surface area contributed by atoms with Crippen LogP contribution in [0, 0.1) is 12.8 Å². The summed E-state index contributed by atoms with van der Waals surface area (Å²) in [5.41, 5.74) is 0. The summed E-state index contributed by atoms with van der Waals surface area (Å²) >= 11 is 0. The summed E-state index contributed by atoms with van der Waals surface area (Å²) in [6.07, 6.45) is 5.03. The SMILES string of the molecule is Cc1ccc(-c2nc(C(C(=O)O)C3CCCCC3)n(CCO)n2)o1. The number of nitrogens with zero attached hydrogens (tertiary/aromatic N) is 3. The summed E-state index contributed by atoms with van der Waals surface area (Å²) in [5.74, 6) is 0.514. The molecule has 0 aliphatic heterocycles. The molecule has 2 aromatic heterocycles. The number of carbonyl (C=O) groups is 1. The normalized spacial score (nSPS) is 17.1. The Hall–Kier alpha value is -2.15. The second-order valence-corrected chi connectivity index (χ2v) is 6.36. The van der Waals surface area contributed by atoms with E-state index in [-0.39, 0.29) is 19.1 Å². The maximum atomic E-state index is 11.9. The van der Waals surface area contributed by atoms with Crippen LogP contribution < -0.4 is 0 Å². The van der Waals surface area contributed by atoms with Gasteiger partial charge in [-0.05, 0) is 37.8 Å². The molecule has 2 heterocycles. The molecular weight excluding hydrogens is 310 g/mol. The number of rotatable bonds is 6. The van der Waals surface area contributed by atoms with Crippen molar-refractivity contribution in [1.82, 2.24) is 14.8 Å². The molecule has 0 saturated heterocycles. The zero-order valence-electron chi connectivity index (χ0n) is 13.8. The molecular formula is C17H23N3O4. The molecule has 1 unspecified atom stereocenters. The second-order valence-electron chi connectivity index (χ2n) is 6.36. The lowest BCUT2D eigenvalue weighted by Gasteiger charge is -2.26. The van der Waals surface area contributed by atoms with E-state index in [0.717, 1.165) is 37.9 Å². The Morgan fingerprint density at radius 2 is 2.12 bits per heavy atom. The van der Waals surface area contributed by atoms with Crippen LogP contribution in [0.4, 0.5) is 0 Å². The van der Waals surface area contributed by atoms with Crippen LogP contribution in [0.25, 0.3) is 11.6 Å². The van der Waals surface area contributed by atoms with Gasteiger partial charge in [-0.1, -0.05) is 19.3 Å². The van der Waals surface area contributed by atoms with Crippen molar-refractivity contribution in [2.45, 2.75) is 51.5 Å². The first kappa shape index (κ1) is 16.7. The van der Waals surface area contributed by atoms with E-state index in [2.05, 4.69) is 10.1 Å². The molecule has 0 aromatic carbocycles. The highest BCUT2D eigenvalue weighted by Crippen LogP contribution is 2.36. The van der Waals surface area contributed by atoms with Gasteiger partial charge in [-0.2, -0.15) is 0 Å². The van der Waals surface area contributed by atoms with Crippen LogP contribution in [-0.2, 0) is 11.3 Å². The zero-order chi connectivity index (χ0) is 17.1. The molecule has 7 nitrogen and oxygen atoms in total. The number of carboxylic acid groups (broad SMARTS) is 1. The van der Waals surface area contributed by atoms with E-state index in [4.69, 9.17) is 4.42 Å². The Labute approximate surface area is 140 Å². The summed E-state index contributed by atoms with van der Waals surface area (Å²) in [6.45, 7) is 1.93. The Balaban J connectivity index is 1.99. The van der Waals surface area contributed by atoms with Crippen molar-refractivity contribution in [3.63, 3.8) is 0 Å². The van der Waals surface area contributed by atoms with Crippen LogP contribution in [0.1, 0.15) is 49.6 Å². The van der Waals surface area contributed by atoms with Gasteiger partial charge in [-0.15, -0.1) is 5.10 Å². The Morgan fingerprint density at radius 1 is 1.38 bits per heavy atom. The fraction of sp³-hybridized carbons (Fsp3) is 0.588. The zero-order valence-corrected chi connectivity index (χ0v) is 13.8. The molecule has 0 bridgehead atoms. The number of hydrogen-bond donors (Lipinski definition) is 2. The molecule has 1 fully saturated rings. The van der Waals surface area contributed by atoms with E-state index in [1.807, 2.05) is 13.0 Å². The largest absolute Gasteiger partial charge is 0.481 e. The van der Waals surface area contributed by atoms with E-state index >= 15 is 0 Å². The predicted octanol–water partition coefficient (Wildman–Crippen LogP) is 2.59. The summed E-state index contributed by atoms with van der Waals surface area (Å²) < 4.78 is 7.07. The molecule has 1 aliphatic carbocycles. The number of furan rings is 1. The van der Waals surface area contributed by atoms with Gasteiger partial charge >= 0.3 is 5.97 Å². The monoisotopic (exact) mass is 333 g/mol. The summed E-state index contributed by atoms with van der Waals surface area (Å²) in [5, 5.41) is 23.5. The lowest BCUT2D eigenvalue weighted by molar-refractivity contribution is -0.140.